The number of esters is 1. The topological polar surface area (TPSA) is 72.5 Å². The summed E-state index contributed by atoms with van der Waals surface area (Å²) in [5.41, 5.74) is 6.56. The summed E-state index contributed by atoms with van der Waals surface area (Å²) in [5.74, 6) is -0.726. The van der Waals surface area contributed by atoms with E-state index in [1.54, 1.807) is 6.07 Å². The Bertz CT molecular complexity index is 568. The van der Waals surface area contributed by atoms with Gasteiger partial charge in [-0.05, 0) is 22.4 Å². The first-order chi connectivity index (χ1) is 8.63. The van der Waals surface area contributed by atoms with E-state index in [1.807, 2.05) is 36.4 Å². The lowest BCUT2D eigenvalue weighted by Gasteiger charge is -2.17. The summed E-state index contributed by atoms with van der Waals surface area (Å²) in [6.07, 6.45) is -1.35. The van der Waals surface area contributed by atoms with Crippen LogP contribution in [0.1, 0.15) is 11.6 Å². The number of fused-ring (bicyclic) bond motifs is 1. The first-order valence-corrected chi connectivity index (χ1v) is 5.63. The standard InChI is InChI=1S/C14H15NO3/c1-18-14(17)13(16)12(15)11-7-6-9-4-2-3-5-10(9)8-11/h2-8,12-13,16H,15H2,1H3. The Morgan fingerprint density at radius 1 is 1.22 bits per heavy atom. The van der Waals surface area contributed by atoms with Crippen LogP contribution in [0.2, 0.25) is 0 Å². The molecule has 2 atom stereocenters. The largest absolute Gasteiger partial charge is 0.467 e. The summed E-state index contributed by atoms with van der Waals surface area (Å²) in [5, 5.41) is 11.8. The highest BCUT2D eigenvalue weighted by Gasteiger charge is 2.25. The second kappa shape index (κ2) is 5.16. The molecule has 2 unspecified atom stereocenters. The maximum absolute atomic E-state index is 11.2. The van der Waals surface area contributed by atoms with Crippen molar-refractivity contribution in [1.82, 2.24) is 0 Å². The summed E-state index contributed by atoms with van der Waals surface area (Å²) >= 11 is 0. The molecule has 4 heteroatoms. The molecule has 0 saturated carbocycles. The normalized spacial score (nSPS) is 14.2. The molecule has 94 valence electrons. The molecule has 0 bridgehead atoms. The van der Waals surface area contributed by atoms with Crippen molar-refractivity contribution in [1.29, 1.82) is 0 Å². The highest BCUT2D eigenvalue weighted by Crippen LogP contribution is 2.21. The third-order valence-corrected chi connectivity index (χ3v) is 2.94. The Hall–Kier alpha value is -1.91. The molecular formula is C14H15NO3. The molecule has 0 aliphatic rings. The zero-order chi connectivity index (χ0) is 13.1. The average molecular weight is 245 g/mol. The van der Waals surface area contributed by atoms with Gasteiger partial charge in [-0.2, -0.15) is 0 Å². The van der Waals surface area contributed by atoms with Gasteiger partial charge in [0.15, 0.2) is 6.10 Å². The predicted molar refractivity (Wildman–Crippen MR) is 68.9 cm³/mol. The van der Waals surface area contributed by atoms with Gasteiger partial charge in [0.25, 0.3) is 0 Å². The highest BCUT2D eigenvalue weighted by molar-refractivity contribution is 5.83. The van der Waals surface area contributed by atoms with Gasteiger partial charge in [0.05, 0.1) is 13.2 Å². The molecule has 0 amide bonds. The zero-order valence-corrected chi connectivity index (χ0v) is 10.0. The van der Waals surface area contributed by atoms with E-state index in [9.17, 15) is 9.90 Å². The number of carbonyl (C=O) groups is 1. The number of rotatable bonds is 3. The summed E-state index contributed by atoms with van der Waals surface area (Å²) in [6, 6.07) is 12.6. The number of ether oxygens (including phenoxy) is 1. The van der Waals surface area contributed by atoms with Crippen LogP contribution in [0.5, 0.6) is 0 Å². The Morgan fingerprint density at radius 3 is 2.56 bits per heavy atom. The van der Waals surface area contributed by atoms with Gasteiger partial charge in [0.2, 0.25) is 0 Å². The molecule has 3 N–H and O–H groups in total. The fourth-order valence-corrected chi connectivity index (χ4v) is 1.86. The molecule has 4 nitrogen and oxygen atoms in total. The van der Waals surface area contributed by atoms with E-state index in [1.165, 1.54) is 7.11 Å². The third-order valence-electron chi connectivity index (χ3n) is 2.94. The Labute approximate surface area is 105 Å². The number of aliphatic hydroxyl groups is 1. The van der Waals surface area contributed by atoms with Crippen molar-refractivity contribution in [2.24, 2.45) is 5.73 Å². The number of hydrogen-bond donors (Lipinski definition) is 2. The van der Waals surface area contributed by atoms with Crippen LogP contribution in [-0.2, 0) is 9.53 Å². The Kier molecular flexibility index (Phi) is 3.60. The minimum absolute atomic E-state index is 0.701. The molecule has 0 aliphatic carbocycles. The minimum Gasteiger partial charge on any atom is -0.467 e. The maximum atomic E-state index is 11.2. The first-order valence-electron chi connectivity index (χ1n) is 5.63. The second-order valence-electron chi connectivity index (χ2n) is 4.10. The number of methoxy groups -OCH3 is 1. The number of nitrogens with two attached hydrogens (primary N) is 1. The summed E-state index contributed by atoms with van der Waals surface area (Å²) in [6.45, 7) is 0. The van der Waals surface area contributed by atoms with E-state index in [-0.39, 0.29) is 0 Å². The number of hydrogen-bond acceptors (Lipinski definition) is 4. The van der Waals surface area contributed by atoms with Crippen LogP contribution in [0.4, 0.5) is 0 Å². The van der Waals surface area contributed by atoms with Crippen molar-refractivity contribution >= 4 is 16.7 Å². The fourth-order valence-electron chi connectivity index (χ4n) is 1.86. The van der Waals surface area contributed by atoms with Crippen LogP contribution in [0.15, 0.2) is 42.5 Å². The molecule has 2 aromatic carbocycles. The molecule has 0 aromatic heterocycles. The van der Waals surface area contributed by atoms with Gasteiger partial charge in [-0.25, -0.2) is 4.79 Å². The van der Waals surface area contributed by atoms with E-state index >= 15 is 0 Å². The number of benzene rings is 2. The van der Waals surface area contributed by atoms with Crippen LogP contribution in [0.25, 0.3) is 10.8 Å². The monoisotopic (exact) mass is 245 g/mol. The van der Waals surface area contributed by atoms with E-state index in [4.69, 9.17) is 5.73 Å². The van der Waals surface area contributed by atoms with Crippen molar-refractivity contribution in [3.63, 3.8) is 0 Å². The second-order valence-corrected chi connectivity index (χ2v) is 4.10. The van der Waals surface area contributed by atoms with Crippen LogP contribution in [0.3, 0.4) is 0 Å². The Morgan fingerprint density at radius 2 is 1.89 bits per heavy atom. The summed E-state index contributed by atoms with van der Waals surface area (Å²) in [7, 11) is 1.22. The van der Waals surface area contributed by atoms with Crippen LogP contribution >= 0.6 is 0 Å². The van der Waals surface area contributed by atoms with Crippen LogP contribution < -0.4 is 5.73 Å². The molecule has 0 fully saturated rings. The number of aliphatic hydroxyl groups excluding tert-OH is 1. The van der Waals surface area contributed by atoms with Gasteiger partial charge < -0.3 is 15.6 Å². The van der Waals surface area contributed by atoms with Gasteiger partial charge in [0, 0.05) is 0 Å². The highest BCUT2D eigenvalue weighted by atomic mass is 16.5. The van der Waals surface area contributed by atoms with Crippen molar-refractivity contribution in [2.45, 2.75) is 12.1 Å². The first kappa shape index (κ1) is 12.5. The number of carbonyl (C=O) groups excluding carboxylic acids is 1. The van der Waals surface area contributed by atoms with Crippen molar-refractivity contribution in [3.8, 4) is 0 Å². The van der Waals surface area contributed by atoms with Crippen molar-refractivity contribution in [2.75, 3.05) is 7.11 Å². The Balaban J connectivity index is 2.33. The summed E-state index contributed by atoms with van der Waals surface area (Å²) in [4.78, 5) is 11.2. The average Bonchev–Trinajstić information content (AvgIpc) is 2.44. The lowest BCUT2D eigenvalue weighted by Crippen LogP contribution is -2.34. The van der Waals surface area contributed by atoms with Crippen molar-refractivity contribution < 1.29 is 14.6 Å². The molecule has 0 heterocycles. The van der Waals surface area contributed by atoms with E-state index in [0.29, 0.717) is 5.56 Å². The molecule has 0 aliphatic heterocycles. The minimum atomic E-state index is -1.35. The van der Waals surface area contributed by atoms with E-state index in [0.717, 1.165) is 10.8 Å². The van der Waals surface area contributed by atoms with Gasteiger partial charge >= 0.3 is 5.97 Å². The molecule has 0 radical (unpaired) electrons. The molecule has 18 heavy (non-hydrogen) atoms. The maximum Gasteiger partial charge on any atom is 0.336 e. The molecule has 2 rings (SSSR count). The molecular weight excluding hydrogens is 230 g/mol. The van der Waals surface area contributed by atoms with Crippen LogP contribution in [-0.4, -0.2) is 24.3 Å². The van der Waals surface area contributed by atoms with Gasteiger partial charge in [0.1, 0.15) is 0 Å². The summed E-state index contributed by atoms with van der Waals surface area (Å²) < 4.78 is 4.47. The predicted octanol–water partition coefficient (Wildman–Crippen LogP) is 1.37. The molecule has 2 aromatic rings. The lowest BCUT2D eigenvalue weighted by atomic mass is 9.99. The molecule has 0 spiro atoms. The quantitative estimate of drug-likeness (QED) is 0.801. The smallest absolute Gasteiger partial charge is 0.336 e. The van der Waals surface area contributed by atoms with E-state index < -0.39 is 18.1 Å². The van der Waals surface area contributed by atoms with Crippen LogP contribution in [0, 0.1) is 0 Å². The SMILES string of the molecule is COC(=O)C(O)C(N)c1ccc2ccccc2c1. The molecule has 0 saturated heterocycles. The lowest BCUT2D eigenvalue weighted by molar-refractivity contribution is -0.151. The van der Waals surface area contributed by atoms with Gasteiger partial charge in [-0.15, -0.1) is 0 Å². The van der Waals surface area contributed by atoms with Gasteiger partial charge in [-0.1, -0.05) is 36.4 Å². The zero-order valence-electron chi connectivity index (χ0n) is 10.0. The fraction of sp³-hybridized carbons (Fsp3) is 0.214. The van der Waals surface area contributed by atoms with E-state index in [2.05, 4.69) is 4.74 Å². The van der Waals surface area contributed by atoms with Gasteiger partial charge in [-0.3, -0.25) is 0 Å². The van der Waals surface area contributed by atoms with Crippen molar-refractivity contribution in [3.05, 3.63) is 48.0 Å². The third kappa shape index (κ3) is 2.34.